The zero-order chi connectivity index (χ0) is 17.4. The van der Waals surface area contributed by atoms with Gasteiger partial charge in [-0.3, -0.25) is 9.79 Å². The largest absolute Gasteiger partial charge is 0.356 e. The van der Waals surface area contributed by atoms with Crippen molar-refractivity contribution < 1.29 is 4.79 Å². The number of amides is 1. The first-order valence-corrected chi connectivity index (χ1v) is 9.57. The highest BCUT2D eigenvalue weighted by atomic mass is 32.1. The third-order valence-electron chi connectivity index (χ3n) is 4.25. The molecule has 2 rings (SSSR count). The highest BCUT2D eigenvalue weighted by Gasteiger charge is 2.15. The van der Waals surface area contributed by atoms with Crippen molar-refractivity contribution in [2.75, 3.05) is 13.6 Å². The fourth-order valence-electron chi connectivity index (χ4n) is 2.96. The van der Waals surface area contributed by atoms with Crippen molar-refractivity contribution in [2.45, 2.75) is 65.0 Å². The van der Waals surface area contributed by atoms with Crippen molar-refractivity contribution in [3.05, 3.63) is 15.6 Å². The van der Waals surface area contributed by atoms with Crippen molar-refractivity contribution >= 4 is 23.2 Å². The summed E-state index contributed by atoms with van der Waals surface area (Å²) in [4.78, 5) is 21.8. The lowest BCUT2D eigenvalue weighted by atomic mass is 9.95. The summed E-state index contributed by atoms with van der Waals surface area (Å²) in [6, 6.07) is 0.376. The molecule has 0 radical (unpaired) electrons. The van der Waals surface area contributed by atoms with E-state index in [1.54, 1.807) is 18.4 Å². The number of rotatable bonds is 6. The van der Waals surface area contributed by atoms with Crippen LogP contribution in [0.1, 0.15) is 54.1 Å². The van der Waals surface area contributed by atoms with E-state index in [1.807, 2.05) is 13.8 Å². The molecule has 0 aromatic carbocycles. The van der Waals surface area contributed by atoms with Crippen LogP contribution in [0.3, 0.4) is 0 Å². The van der Waals surface area contributed by atoms with Gasteiger partial charge >= 0.3 is 0 Å². The van der Waals surface area contributed by atoms with Gasteiger partial charge in [0.05, 0.1) is 17.2 Å². The number of hydrogen-bond donors (Lipinski definition) is 3. The van der Waals surface area contributed by atoms with E-state index in [-0.39, 0.29) is 5.91 Å². The van der Waals surface area contributed by atoms with Crippen molar-refractivity contribution in [1.82, 2.24) is 20.9 Å². The third kappa shape index (κ3) is 6.11. The van der Waals surface area contributed by atoms with Gasteiger partial charge in [0.15, 0.2) is 5.96 Å². The molecule has 1 aliphatic carbocycles. The minimum atomic E-state index is 0.124. The Morgan fingerprint density at radius 3 is 2.62 bits per heavy atom. The molecule has 1 fully saturated rings. The van der Waals surface area contributed by atoms with Crippen LogP contribution in [-0.4, -0.2) is 36.5 Å². The van der Waals surface area contributed by atoms with Gasteiger partial charge in [0.25, 0.3) is 0 Å². The van der Waals surface area contributed by atoms with Crippen LogP contribution in [0.2, 0.25) is 0 Å². The lowest BCUT2D eigenvalue weighted by molar-refractivity contribution is -0.121. The quantitative estimate of drug-likeness (QED) is 0.543. The highest BCUT2D eigenvalue weighted by Crippen LogP contribution is 2.17. The van der Waals surface area contributed by atoms with Crippen molar-refractivity contribution in [2.24, 2.45) is 4.99 Å². The second-order valence-corrected chi connectivity index (χ2v) is 7.53. The van der Waals surface area contributed by atoms with Gasteiger partial charge in [-0.2, -0.15) is 0 Å². The molecule has 0 atom stereocenters. The number of aromatic nitrogens is 1. The number of carbonyl (C=O) groups excluding carboxylic acids is 1. The van der Waals surface area contributed by atoms with Gasteiger partial charge in [0.1, 0.15) is 0 Å². The van der Waals surface area contributed by atoms with Crippen molar-refractivity contribution in [3.8, 4) is 0 Å². The van der Waals surface area contributed by atoms with Crippen LogP contribution in [-0.2, 0) is 11.3 Å². The van der Waals surface area contributed by atoms with Crippen LogP contribution >= 0.6 is 11.3 Å². The SMILES string of the molecule is CN=C(NCCC(=O)NC1CCCCC1)NCc1sc(C)nc1C. The highest BCUT2D eigenvalue weighted by molar-refractivity contribution is 7.11. The number of thiazole rings is 1. The van der Waals surface area contributed by atoms with Crippen LogP contribution in [0, 0.1) is 13.8 Å². The summed E-state index contributed by atoms with van der Waals surface area (Å²) in [6.45, 7) is 5.32. The molecule has 0 aliphatic heterocycles. The summed E-state index contributed by atoms with van der Waals surface area (Å²) in [5.41, 5.74) is 1.06. The molecule has 7 heteroatoms. The fourth-order valence-corrected chi connectivity index (χ4v) is 3.84. The average Bonchev–Trinajstić information content (AvgIpc) is 2.89. The van der Waals surface area contributed by atoms with E-state index < -0.39 is 0 Å². The molecule has 24 heavy (non-hydrogen) atoms. The van der Waals surface area contributed by atoms with E-state index >= 15 is 0 Å². The van der Waals surface area contributed by atoms with Crippen LogP contribution in [0.15, 0.2) is 4.99 Å². The van der Waals surface area contributed by atoms with E-state index in [4.69, 9.17) is 0 Å². The summed E-state index contributed by atoms with van der Waals surface area (Å²) in [5.74, 6) is 0.838. The van der Waals surface area contributed by atoms with Gasteiger partial charge in [0.2, 0.25) is 5.91 Å². The third-order valence-corrected chi connectivity index (χ3v) is 5.33. The maximum atomic E-state index is 12.0. The van der Waals surface area contributed by atoms with E-state index in [0.29, 0.717) is 31.5 Å². The Balaban J connectivity index is 1.65. The summed E-state index contributed by atoms with van der Waals surface area (Å²) in [5, 5.41) is 10.7. The molecular weight excluding hydrogens is 322 g/mol. The molecule has 1 aromatic rings. The molecule has 3 N–H and O–H groups in total. The lowest BCUT2D eigenvalue weighted by Gasteiger charge is -2.22. The number of hydrogen-bond acceptors (Lipinski definition) is 4. The number of nitrogens with zero attached hydrogens (tertiary/aromatic N) is 2. The Morgan fingerprint density at radius 1 is 1.25 bits per heavy atom. The van der Waals surface area contributed by atoms with E-state index in [9.17, 15) is 4.79 Å². The summed E-state index contributed by atoms with van der Waals surface area (Å²) in [6.07, 6.45) is 6.48. The smallest absolute Gasteiger partial charge is 0.221 e. The van der Waals surface area contributed by atoms with E-state index in [1.165, 1.54) is 24.1 Å². The molecular formula is C17H29N5OS. The first-order valence-electron chi connectivity index (χ1n) is 8.75. The molecule has 134 valence electrons. The number of aliphatic imine (C=N–C) groups is 1. The topological polar surface area (TPSA) is 78.4 Å². The average molecular weight is 352 g/mol. The fraction of sp³-hybridized carbons (Fsp3) is 0.706. The van der Waals surface area contributed by atoms with Gasteiger partial charge in [-0.1, -0.05) is 19.3 Å². The minimum Gasteiger partial charge on any atom is -0.356 e. The zero-order valence-electron chi connectivity index (χ0n) is 14.9. The van der Waals surface area contributed by atoms with Gasteiger partial charge in [0, 0.05) is 30.9 Å². The van der Waals surface area contributed by atoms with Gasteiger partial charge < -0.3 is 16.0 Å². The first-order chi connectivity index (χ1) is 11.6. The Bertz CT molecular complexity index is 563. The molecule has 1 aliphatic rings. The molecule has 0 spiro atoms. The molecule has 1 amide bonds. The van der Waals surface area contributed by atoms with E-state index in [0.717, 1.165) is 23.5 Å². The van der Waals surface area contributed by atoms with Crippen molar-refractivity contribution in [3.63, 3.8) is 0 Å². The monoisotopic (exact) mass is 351 g/mol. The molecule has 1 heterocycles. The molecule has 1 saturated carbocycles. The second kappa shape index (κ2) is 9.61. The minimum absolute atomic E-state index is 0.124. The molecule has 1 aromatic heterocycles. The predicted octanol–water partition coefficient (Wildman–Crippen LogP) is 2.26. The number of guanidine groups is 1. The van der Waals surface area contributed by atoms with Gasteiger partial charge in [-0.05, 0) is 26.7 Å². The number of nitrogens with one attached hydrogen (secondary N) is 3. The normalized spacial score (nSPS) is 16.0. The Kier molecular flexibility index (Phi) is 7.49. The molecule has 0 unspecified atom stereocenters. The number of aryl methyl sites for hydroxylation is 2. The van der Waals surface area contributed by atoms with Crippen LogP contribution in [0.25, 0.3) is 0 Å². The molecule has 0 saturated heterocycles. The van der Waals surface area contributed by atoms with E-state index in [2.05, 4.69) is 25.9 Å². The van der Waals surface area contributed by atoms with Crippen LogP contribution in [0.4, 0.5) is 0 Å². The first kappa shape index (κ1) is 18.7. The molecule has 6 nitrogen and oxygen atoms in total. The lowest BCUT2D eigenvalue weighted by Crippen LogP contribution is -2.41. The standard InChI is InChI=1S/C17H29N5OS/c1-12-15(24-13(2)21-12)11-20-17(18-3)19-10-9-16(23)22-14-7-5-4-6-8-14/h14H,4-11H2,1-3H3,(H,22,23)(H2,18,19,20). The van der Waals surface area contributed by atoms with Crippen molar-refractivity contribution in [1.29, 1.82) is 0 Å². The van der Waals surface area contributed by atoms with Crippen LogP contribution < -0.4 is 16.0 Å². The zero-order valence-corrected chi connectivity index (χ0v) is 15.8. The Hall–Kier alpha value is -1.63. The van der Waals surface area contributed by atoms with Crippen LogP contribution in [0.5, 0.6) is 0 Å². The van der Waals surface area contributed by atoms with Gasteiger partial charge in [-0.25, -0.2) is 4.98 Å². The maximum absolute atomic E-state index is 12.0. The predicted molar refractivity (Wildman–Crippen MR) is 99.4 cm³/mol. The summed E-state index contributed by atoms with van der Waals surface area (Å²) >= 11 is 1.69. The Morgan fingerprint density at radius 2 is 2.00 bits per heavy atom. The van der Waals surface area contributed by atoms with Gasteiger partial charge in [-0.15, -0.1) is 11.3 Å². The summed E-state index contributed by atoms with van der Waals surface area (Å²) < 4.78 is 0. The number of carbonyl (C=O) groups is 1. The Labute approximate surface area is 148 Å². The maximum Gasteiger partial charge on any atom is 0.221 e. The second-order valence-electron chi connectivity index (χ2n) is 6.25. The molecule has 0 bridgehead atoms. The summed E-state index contributed by atoms with van der Waals surface area (Å²) in [7, 11) is 1.74.